The lowest BCUT2D eigenvalue weighted by Crippen LogP contribution is -2.45. The summed E-state index contributed by atoms with van der Waals surface area (Å²) in [5.41, 5.74) is 0. The van der Waals surface area contributed by atoms with E-state index in [1.165, 1.54) is 257 Å². The van der Waals surface area contributed by atoms with E-state index < -0.39 is 20.0 Å². The summed E-state index contributed by atoms with van der Waals surface area (Å²) in [7, 11) is 1.59. The van der Waals surface area contributed by atoms with Gasteiger partial charge in [-0.1, -0.05) is 296 Å². The zero-order valence-corrected chi connectivity index (χ0v) is 47.3. The number of aliphatic hydroxyl groups excluding tert-OH is 1. The molecule has 0 heterocycles. The predicted molar refractivity (Wildman–Crippen MR) is 295 cm³/mol. The first-order valence-electron chi connectivity index (χ1n) is 30.1. The van der Waals surface area contributed by atoms with Crippen molar-refractivity contribution in [2.75, 3.05) is 40.9 Å². The molecule has 0 saturated carbocycles. The molecule has 0 spiro atoms. The number of phosphoric ester groups is 1. The van der Waals surface area contributed by atoms with E-state index >= 15 is 0 Å². The van der Waals surface area contributed by atoms with Gasteiger partial charge in [0.1, 0.15) is 13.2 Å². The second-order valence-corrected chi connectivity index (χ2v) is 23.5. The van der Waals surface area contributed by atoms with Crippen LogP contribution in [0.4, 0.5) is 0 Å². The Kier molecular flexibility index (Phi) is 50.6. The fraction of sp³-hybridized carbons (Fsp3) is 0.949. The molecule has 406 valence electrons. The van der Waals surface area contributed by atoms with Crippen molar-refractivity contribution in [2.24, 2.45) is 0 Å². The maximum absolute atomic E-state index is 12.9. The molecule has 9 heteroatoms. The lowest BCUT2D eigenvalue weighted by Gasteiger charge is -2.25. The van der Waals surface area contributed by atoms with Gasteiger partial charge in [0, 0.05) is 6.42 Å². The van der Waals surface area contributed by atoms with Gasteiger partial charge < -0.3 is 19.8 Å². The standard InChI is InChI=1S/C59H119N2O6P/c1-6-8-10-12-14-16-18-20-22-23-24-25-26-27-28-29-30-31-32-33-34-35-36-37-38-39-40-42-44-46-48-50-52-58(62)57(56-67-68(64,65)66-55-54-61(3,4)5)60-59(63)53-51-49-47-45-43-41-21-19-17-15-13-11-9-7-2/h50,52,57-58,62H,6-49,51,53-56H2,1-5H3,(H-,60,63,64,65)/p+1/b52-50+. The topological polar surface area (TPSA) is 105 Å². The van der Waals surface area contributed by atoms with Crippen LogP contribution >= 0.6 is 7.82 Å². The van der Waals surface area contributed by atoms with Crippen molar-refractivity contribution in [1.82, 2.24) is 5.32 Å². The van der Waals surface area contributed by atoms with Gasteiger partial charge in [0.25, 0.3) is 0 Å². The summed E-state index contributed by atoms with van der Waals surface area (Å²) in [5.74, 6) is -0.172. The monoisotopic (exact) mass is 984 g/mol. The van der Waals surface area contributed by atoms with Gasteiger partial charge in [0.15, 0.2) is 0 Å². The van der Waals surface area contributed by atoms with Crippen LogP contribution in [0, 0.1) is 0 Å². The van der Waals surface area contributed by atoms with Crippen molar-refractivity contribution in [3.05, 3.63) is 12.2 Å². The second kappa shape index (κ2) is 51.2. The first-order chi connectivity index (χ1) is 33.0. The van der Waals surface area contributed by atoms with Gasteiger partial charge in [-0.25, -0.2) is 4.57 Å². The largest absolute Gasteiger partial charge is 0.472 e. The van der Waals surface area contributed by atoms with Crippen LogP contribution in [-0.4, -0.2) is 73.4 Å². The Morgan fingerprint density at radius 1 is 0.485 bits per heavy atom. The minimum absolute atomic E-state index is 0.0651. The summed E-state index contributed by atoms with van der Waals surface area (Å²) in [6.07, 6.45) is 63.3. The zero-order chi connectivity index (χ0) is 49.9. The van der Waals surface area contributed by atoms with Gasteiger partial charge in [-0.3, -0.25) is 13.8 Å². The van der Waals surface area contributed by atoms with E-state index in [1.807, 2.05) is 27.2 Å². The number of unbranched alkanes of at least 4 members (excludes halogenated alkanes) is 43. The molecule has 0 aliphatic heterocycles. The molecule has 3 unspecified atom stereocenters. The first kappa shape index (κ1) is 67.2. The molecule has 3 N–H and O–H groups in total. The van der Waals surface area contributed by atoms with Crippen LogP contribution in [0.2, 0.25) is 0 Å². The molecular formula is C59H120N2O6P+. The van der Waals surface area contributed by atoms with Crippen LogP contribution in [0.15, 0.2) is 12.2 Å². The number of hydrogen-bond donors (Lipinski definition) is 3. The average molecular weight is 985 g/mol. The summed E-state index contributed by atoms with van der Waals surface area (Å²) in [6, 6.07) is -0.841. The van der Waals surface area contributed by atoms with E-state index in [0.29, 0.717) is 17.4 Å². The molecule has 0 radical (unpaired) electrons. The van der Waals surface area contributed by atoms with Crippen LogP contribution < -0.4 is 5.32 Å². The van der Waals surface area contributed by atoms with E-state index in [4.69, 9.17) is 9.05 Å². The Morgan fingerprint density at radius 3 is 1.09 bits per heavy atom. The number of carbonyl (C=O) groups is 1. The summed E-state index contributed by atoms with van der Waals surface area (Å²) in [4.78, 5) is 23.2. The molecule has 0 rings (SSSR count). The summed E-state index contributed by atoms with van der Waals surface area (Å²) in [6.45, 7) is 4.86. The van der Waals surface area contributed by atoms with E-state index in [0.717, 1.165) is 32.1 Å². The molecule has 0 aliphatic rings. The van der Waals surface area contributed by atoms with Gasteiger partial charge in [0.05, 0.1) is 39.9 Å². The third-order valence-corrected chi connectivity index (χ3v) is 15.0. The molecule has 1 amide bonds. The van der Waals surface area contributed by atoms with Gasteiger partial charge in [0.2, 0.25) is 5.91 Å². The Hall–Kier alpha value is -0.760. The van der Waals surface area contributed by atoms with Gasteiger partial charge >= 0.3 is 7.82 Å². The van der Waals surface area contributed by atoms with E-state index in [1.54, 1.807) is 6.08 Å². The minimum atomic E-state index is -4.34. The number of allylic oxidation sites excluding steroid dienone is 1. The Balaban J connectivity index is 4.02. The second-order valence-electron chi connectivity index (χ2n) is 22.1. The third kappa shape index (κ3) is 53.0. The molecule has 8 nitrogen and oxygen atoms in total. The van der Waals surface area contributed by atoms with Crippen molar-refractivity contribution >= 4 is 13.7 Å². The number of phosphoric acid groups is 1. The molecule has 0 bridgehead atoms. The number of rotatable bonds is 56. The third-order valence-electron chi connectivity index (χ3n) is 14.0. The fourth-order valence-corrected chi connectivity index (χ4v) is 10.0. The van der Waals surface area contributed by atoms with Crippen molar-refractivity contribution in [3.63, 3.8) is 0 Å². The number of nitrogens with zero attached hydrogens (tertiary/aromatic N) is 1. The number of hydrogen-bond acceptors (Lipinski definition) is 5. The summed E-state index contributed by atoms with van der Waals surface area (Å²) < 4.78 is 23.7. The molecular weight excluding hydrogens is 864 g/mol. The Morgan fingerprint density at radius 2 is 0.779 bits per heavy atom. The average Bonchev–Trinajstić information content (AvgIpc) is 3.30. The number of amides is 1. The smallest absolute Gasteiger partial charge is 0.387 e. The molecule has 0 aromatic heterocycles. The highest BCUT2D eigenvalue weighted by Crippen LogP contribution is 2.43. The van der Waals surface area contributed by atoms with E-state index in [-0.39, 0.29) is 19.1 Å². The first-order valence-corrected chi connectivity index (χ1v) is 31.6. The lowest BCUT2D eigenvalue weighted by atomic mass is 10.0. The molecule has 3 atom stereocenters. The van der Waals surface area contributed by atoms with Crippen molar-refractivity contribution < 1.29 is 32.9 Å². The van der Waals surface area contributed by atoms with Crippen LogP contribution in [0.25, 0.3) is 0 Å². The summed E-state index contributed by atoms with van der Waals surface area (Å²) in [5, 5.41) is 13.9. The van der Waals surface area contributed by atoms with Gasteiger partial charge in [-0.05, 0) is 19.3 Å². The summed E-state index contributed by atoms with van der Waals surface area (Å²) >= 11 is 0. The molecule has 0 fully saturated rings. The van der Waals surface area contributed by atoms with Crippen molar-refractivity contribution in [1.29, 1.82) is 0 Å². The van der Waals surface area contributed by atoms with Crippen molar-refractivity contribution in [3.8, 4) is 0 Å². The van der Waals surface area contributed by atoms with Crippen molar-refractivity contribution in [2.45, 2.75) is 321 Å². The van der Waals surface area contributed by atoms with Crippen LogP contribution in [0.5, 0.6) is 0 Å². The SMILES string of the molecule is CCCCCCCCCCCCCCCCCCCCCCCCCCCCCCCC/C=C/C(O)C(COP(=O)(O)OCC[N+](C)(C)C)NC(=O)CCCCCCCCCCCCCCCC. The fourth-order valence-electron chi connectivity index (χ4n) is 9.28. The molecule has 0 saturated heterocycles. The van der Waals surface area contributed by atoms with E-state index in [2.05, 4.69) is 19.2 Å². The predicted octanol–water partition coefficient (Wildman–Crippen LogP) is 18.2. The Labute approximate surface area is 424 Å². The highest BCUT2D eigenvalue weighted by molar-refractivity contribution is 7.47. The number of nitrogens with one attached hydrogen (secondary N) is 1. The molecule has 0 aromatic rings. The zero-order valence-electron chi connectivity index (χ0n) is 46.4. The number of quaternary nitrogens is 1. The quantitative estimate of drug-likeness (QED) is 0.0243. The van der Waals surface area contributed by atoms with Gasteiger partial charge in [-0.15, -0.1) is 0 Å². The minimum Gasteiger partial charge on any atom is -0.387 e. The lowest BCUT2D eigenvalue weighted by molar-refractivity contribution is -0.870. The Bertz CT molecular complexity index is 1120. The van der Waals surface area contributed by atoms with Gasteiger partial charge in [-0.2, -0.15) is 0 Å². The van der Waals surface area contributed by atoms with Crippen LogP contribution in [0.1, 0.15) is 309 Å². The van der Waals surface area contributed by atoms with E-state index in [9.17, 15) is 19.4 Å². The van der Waals surface area contributed by atoms with Crippen LogP contribution in [-0.2, 0) is 18.4 Å². The number of likely N-dealkylation sites (N-methyl/N-ethyl adjacent to an activating group) is 1. The molecule has 0 aliphatic carbocycles. The highest BCUT2D eigenvalue weighted by atomic mass is 31.2. The molecule has 68 heavy (non-hydrogen) atoms. The number of carbonyl (C=O) groups excluding carboxylic acids is 1. The maximum atomic E-state index is 12.9. The normalized spacial score (nSPS) is 13.9. The van der Waals surface area contributed by atoms with Crippen LogP contribution in [0.3, 0.4) is 0 Å². The number of aliphatic hydroxyl groups is 1. The maximum Gasteiger partial charge on any atom is 0.472 e. The molecule has 0 aromatic carbocycles. The highest BCUT2D eigenvalue weighted by Gasteiger charge is 2.27.